The van der Waals surface area contributed by atoms with E-state index in [9.17, 15) is 9.59 Å². The minimum absolute atomic E-state index is 0.328. The van der Waals surface area contributed by atoms with Crippen molar-refractivity contribution in [3.63, 3.8) is 0 Å². The predicted molar refractivity (Wildman–Crippen MR) is 86.1 cm³/mol. The van der Waals surface area contributed by atoms with Gasteiger partial charge in [-0.2, -0.15) is 5.10 Å². The maximum Gasteiger partial charge on any atom is 0.267 e. The molecule has 7 nitrogen and oxygen atoms in total. The second-order valence-corrected chi connectivity index (χ2v) is 4.99. The summed E-state index contributed by atoms with van der Waals surface area (Å²) in [5.74, 6) is 0.719. The Morgan fingerprint density at radius 3 is 2.52 bits per heavy atom. The Morgan fingerprint density at radius 2 is 1.87 bits per heavy atom. The number of hydrogen-bond acceptors (Lipinski definition) is 5. The second-order valence-electron chi connectivity index (χ2n) is 4.99. The minimum atomic E-state index is -0.740. The molecule has 1 aromatic heterocycles. The van der Waals surface area contributed by atoms with Gasteiger partial charge in [-0.05, 0) is 32.0 Å². The van der Waals surface area contributed by atoms with Gasteiger partial charge < -0.3 is 14.8 Å². The predicted octanol–water partition coefficient (Wildman–Crippen LogP) is 1.77. The number of aromatic nitrogens is 2. The Hall–Kier alpha value is -2.83. The van der Waals surface area contributed by atoms with E-state index >= 15 is 0 Å². The van der Waals surface area contributed by atoms with Crippen molar-refractivity contribution in [3.8, 4) is 11.5 Å². The van der Waals surface area contributed by atoms with Crippen LogP contribution >= 0.6 is 0 Å². The lowest BCUT2D eigenvalue weighted by molar-refractivity contribution is -0.119. The highest BCUT2D eigenvalue weighted by Crippen LogP contribution is 2.29. The van der Waals surface area contributed by atoms with E-state index in [0.717, 1.165) is 4.68 Å². The quantitative estimate of drug-likeness (QED) is 0.909. The molecule has 1 N–H and O–H groups in total. The third-order valence-corrected chi connectivity index (χ3v) is 3.36. The molecular weight excluding hydrogens is 298 g/mol. The molecule has 0 aliphatic rings. The van der Waals surface area contributed by atoms with Gasteiger partial charge in [0, 0.05) is 17.8 Å². The molecule has 1 amide bonds. The first-order chi connectivity index (χ1) is 11.0. The van der Waals surface area contributed by atoms with Crippen LogP contribution in [-0.4, -0.2) is 29.9 Å². The van der Waals surface area contributed by atoms with Gasteiger partial charge in [0.05, 0.1) is 19.9 Å². The van der Waals surface area contributed by atoms with Crippen LogP contribution in [0.1, 0.15) is 18.7 Å². The Bertz CT molecular complexity index is 770. The van der Waals surface area contributed by atoms with Crippen LogP contribution in [0.5, 0.6) is 11.5 Å². The second kappa shape index (κ2) is 6.95. The lowest BCUT2D eigenvalue weighted by atomic mass is 10.2. The minimum Gasteiger partial charge on any atom is -0.493 e. The summed E-state index contributed by atoms with van der Waals surface area (Å²) in [6, 6.07) is 7.29. The SMILES string of the molecule is COc1ccc(NC(=O)C(C)n2nc(C)ccc2=O)cc1OC. The van der Waals surface area contributed by atoms with E-state index < -0.39 is 6.04 Å². The monoisotopic (exact) mass is 317 g/mol. The van der Waals surface area contributed by atoms with E-state index in [1.807, 2.05) is 0 Å². The van der Waals surface area contributed by atoms with E-state index in [1.54, 1.807) is 38.1 Å². The van der Waals surface area contributed by atoms with Gasteiger partial charge in [0.1, 0.15) is 6.04 Å². The van der Waals surface area contributed by atoms with Crippen molar-refractivity contribution in [2.75, 3.05) is 19.5 Å². The smallest absolute Gasteiger partial charge is 0.267 e. The molecule has 1 aromatic carbocycles. The Morgan fingerprint density at radius 1 is 1.17 bits per heavy atom. The first-order valence-corrected chi connectivity index (χ1v) is 7.05. The van der Waals surface area contributed by atoms with Gasteiger partial charge in [-0.3, -0.25) is 9.59 Å². The zero-order valence-electron chi connectivity index (χ0n) is 13.5. The van der Waals surface area contributed by atoms with Gasteiger partial charge in [0.25, 0.3) is 5.56 Å². The van der Waals surface area contributed by atoms with Crippen LogP contribution in [0, 0.1) is 6.92 Å². The third kappa shape index (κ3) is 3.68. The van der Waals surface area contributed by atoms with E-state index in [4.69, 9.17) is 9.47 Å². The molecule has 1 atom stereocenters. The summed E-state index contributed by atoms with van der Waals surface area (Å²) in [5, 5.41) is 6.83. The van der Waals surface area contributed by atoms with Crippen molar-refractivity contribution >= 4 is 11.6 Å². The molecule has 1 heterocycles. The summed E-state index contributed by atoms with van der Waals surface area (Å²) >= 11 is 0. The summed E-state index contributed by atoms with van der Waals surface area (Å²) < 4.78 is 11.5. The number of anilines is 1. The molecule has 7 heteroatoms. The highest BCUT2D eigenvalue weighted by molar-refractivity contribution is 5.93. The fourth-order valence-electron chi connectivity index (χ4n) is 2.07. The van der Waals surface area contributed by atoms with Crippen molar-refractivity contribution < 1.29 is 14.3 Å². The van der Waals surface area contributed by atoms with E-state index in [-0.39, 0.29) is 11.5 Å². The molecule has 0 radical (unpaired) electrons. The molecule has 0 aliphatic heterocycles. The van der Waals surface area contributed by atoms with Crippen LogP contribution < -0.4 is 20.3 Å². The molecule has 0 bridgehead atoms. The molecule has 0 spiro atoms. The first-order valence-electron chi connectivity index (χ1n) is 7.05. The Labute approximate surface area is 133 Å². The topological polar surface area (TPSA) is 82.5 Å². The summed E-state index contributed by atoms with van der Waals surface area (Å²) in [6.45, 7) is 3.37. The lowest BCUT2D eigenvalue weighted by Crippen LogP contribution is -2.33. The van der Waals surface area contributed by atoms with Crippen LogP contribution in [0.15, 0.2) is 35.1 Å². The van der Waals surface area contributed by atoms with Crippen molar-refractivity contribution in [1.82, 2.24) is 9.78 Å². The normalized spacial score (nSPS) is 11.7. The van der Waals surface area contributed by atoms with Gasteiger partial charge >= 0.3 is 0 Å². The number of benzene rings is 1. The van der Waals surface area contributed by atoms with E-state index in [2.05, 4.69) is 10.4 Å². The average Bonchev–Trinajstić information content (AvgIpc) is 2.56. The van der Waals surface area contributed by atoms with Gasteiger partial charge in [0.2, 0.25) is 5.91 Å². The summed E-state index contributed by atoms with van der Waals surface area (Å²) in [7, 11) is 3.05. The molecule has 2 aromatic rings. The zero-order chi connectivity index (χ0) is 17.0. The van der Waals surface area contributed by atoms with Gasteiger partial charge in [-0.1, -0.05) is 0 Å². The first kappa shape index (κ1) is 16.5. The fourth-order valence-corrected chi connectivity index (χ4v) is 2.07. The maximum atomic E-state index is 12.3. The van der Waals surface area contributed by atoms with Crippen LogP contribution in [0.2, 0.25) is 0 Å². The van der Waals surface area contributed by atoms with Crippen molar-refractivity contribution in [2.24, 2.45) is 0 Å². The molecule has 0 aliphatic carbocycles. The molecule has 1 unspecified atom stereocenters. The lowest BCUT2D eigenvalue weighted by Gasteiger charge is -2.15. The number of aryl methyl sites for hydroxylation is 1. The van der Waals surface area contributed by atoms with E-state index in [0.29, 0.717) is 22.9 Å². The van der Waals surface area contributed by atoms with Gasteiger partial charge in [0.15, 0.2) is 11.5 Å². The Balaban J connectivity index is 2.21. The largest absolute Gasteiger partial charge is 0.493 e. The van der Waals surface area contributed by atoms with E-state index in [1.165, 1.54) is 20.3 Å². The fraction of sp³-hybridized carbons (Fsp3) is 0.312. The van der Waals surface area contributed by atoms with Crippen LogP contribution in [0.4, 0.5) is 5.69 Å². The summed E-state index contributed by atoms with van der Waals surface area (Å²) in [4.78, 5) is 24.2. The molecule has 23 heavy (non-hydrogen) atoms. The van der Waals surface area contributed by atoms with Crippen LogP contribution in [-0.2, 0) is 4.79 Å². The molecular formula is C16H19N3O4. The zero-order valence-corrected chi connectivity index (χ0v) is 13.5. The Kier molecular flexibility index (Phi) is 5.00. The number of nitrogens with one attached hydrogen (secondary N) is 1. The van der Waals surface area contributed by atoms with Gasteiger partial charge in [-0.25, -0.2) is 4.68 Å². The number of rotatable bonds is 5. The van der Waals surface area contributed by atoms with Crippen molar-refractivity contribution in [1.29, 1.82) is 0 Å². The average molecular weight is 317 g/mol. The number of carbonyl (C=O) groups is 1. The molecule has 0 fully saturated rings. The molecule has 122 valence electrons. The summed E-state index contributed by atoms with van der Waals surface area (Å²) in [5.41, 5.74) is 0.876. The highest BCUT2D eigenvalue weighted by Gasteiger charge is 2.18. The number of ether oxygens (including phenoxy) is 2. The van der Waals surface area contributed by atoms with Crippen LogP contribution in [0.25, 0.3) is 0 Å². The summed E-state index contributed by atoms with van der Waals surface area (Å²) in [6.07, 6.45) is 0. The highest BCUT2D eigenvalue weighted by atomic mass is 16.5. The number of nitrogens with zero attached hydrogens (tertiary/aromatic N) is 2. The molecule has 0 saturated heterocycles. The number of amides is 1. The number of carbonyl (C=O) groups excluding carboxylic acids is 1. The third-order valence-electron chi connectivity index (χ3n) is 3.36. The van der Waals surface area contributed by atoms with Crippen molar-refractivity contribution in [2.45, 2.75) is 19.9 Å². The standard InChI is InChI=1S/C16H19N3O4/c1-10-5-8-15(20)19(18-10)11(2)16(21)17-12-6-7-13(22-3)14(9-12)23-4/h5-9,11H,1-4H3,(H,17,21). The number of hydrogen-bond donors (Lipinski definition) is 1. The molecule has 2 rings (SSSR count). The maximum absolute atomic E-state index is 12.3. The van der Waals surface area contributed by atoms with Crippen LogP contribution in [0.3, 0.4) is 0 Å². The van der Waals surface area contributed by atoms with Gasteiger partial charge in [-0.15, -0.1) is 0 Å². The number of methoxy groups -OCH3 is 2. The van der Waals surface area contributed by atoms with Crippen molar-refractivity contribution in [3.05, 3.63) is 46.4 Å². The molecule has 0 saturated carbocycles.